The molecule has 4 nitrogen and oxygen atoms in total. The van der Waals surface area contributed by atoms with Crippen molar-refractivity contribution >= 4 is 11.8 Å². The number of H-pyrrole nitrogens is 1. The molecular weight excluding hydrogens is 220 g/mol. The van der Waals surface area contributed by atoms with Crippen molar-refractivity contribution in [2.45, 2.75) is 49.6 Å². The van der Waals surface area contributed by atoms with Gasteiger partial charge in [0, 0.05) is 11.3 Å². The minimum Gasteiger partial charge on any atom is -0.313 e. The van der Waals surface area contributed by atoms with Gasteiger partial charge in [-0.1, -0.05) is 25.6 Å². The molecule has 90 valence electrons. The first-order valence-corrected chi connectivity index (χ1v) is 6.93. The minimum absolute atomic E-state index is 0.622. The molecule has 0 aromatic carbocycles. The fourth-order valence-corrected chi connectivity index (χ4v) is 3.67. The van der Waals surface area contributed by atoms with Crippen LogP contribution in [0.15, 0.2) is 11.5 Å². The molecule has 0 bridgehead atoms. The van der Waals surface area contributed by atoms with Gasteiger partial charge in [-0.3, -0.25) is 5.10 Å². The van der Waals surface area contributed by atoms with Gasteiger partial charge in [-0.2, -0.15) is 5.10 Å². The van der Waals surface area contributed by atoms with Crippen LogP contribution in [-0.2, 0) is 0 Å². The van der Waals surface area contributed by atoms with Gasteiger partial charge in [0.2, 0.25) is 0 Å². The third-order valence-electron chi connectivity index (χ3n) is 3.18. The fourth-order valence-electron chi connectivity index (χ4n) is 2.35. The molecule has 5 heteroatoms. The summed E-state index contributed by atoms with van der Waals surface area (Å²) in [7, 11) is 0. The van der Waals surface area contributed by atoms with Gasteiger partial charge in [-0.15, -0.1) is 0 Å². The van der Waals surface area contributed by atoms with E-state index in [1.54, 1.807) is 6.33 Å². The van der Waals surface area contributed by atoms with Crippen molar-refractivity contribution in [3.8, 4) is 0 Å². The third kappa shape index (κ3) is 2.98. The second-order valence-corrected chi connectivity index (χ2v) is 5.76. The second-order valence-electron chi connectivity index (χ2n) is 4.53. The highest BCUT2D eigenvalue weighted by Crippen LogP contribution is 2.34. The van der Waals surface area contributed by atoms with Gasteiger partial charge in [0.05, 0.1) is 0 Å². The lowest BCUT2D eigenvalue weighted by Crippen LogP contribution is -2.42. The summed E-state index contributed by atoms with van der Waals surface area (Å²) in [6.07, 6.45) is 5.46. The minimum atomic E-state index is 0.622. The Bertz CT molecular complexity index is 301. The molecule has 0 amide bonds. The lowest BCUT2D eigenvalue weighted by atomic mass is 9.87. The van der Waals surface area contributed by atoms with Gasteiger partial charge in [0.15, 0.2) is 5.16 Å². The Morgan fingerprint density at radius 1 is 1.56 bits per heavy atom. The fraction of sp³-hybridized carbons (Fsp3) is 0.818. The van der Waals surface area contributed by atoms with Crippen molar-refractivity contribution in [2.75, 3.05) is 6.54 Å². The lowest BCUT2D eigenvalue weighted by Gasteiger charge is -2.34. The van der Waals surface area contributed by atoms with Gasteiger partial charge in [-0.05, 0) is 31.7 Å². The van der Waals surface area contributed by atoms with Crippen LogP contribution in [0.1, 0.15) is 33.1 Å². The Balaban J connectivity index is 1.96. The predicted octanol–water partition coefficient (Wildman–Crippen LogP) is 2.06. The van der Waals surface area contributed by atoms with Crippen LogP contribution in [0.5, 0.6) is 0 Å². The average Bonchev–Trinajstić information content (AvgIpc) is 2.75. The highest BCUT2D eigenvalue weighted by atomic mass is 32.2. The van der Waals surface area contributed by atoms with Gasteiger partial charge < -0.3 is 5.32 Å². The Labute approximate surface area is 101 Å². The number of hydrogen-bond acceptors (Lipinski definition) is 4. The molecule has 2 N–H and O–H groups in total. The largest absolute Gasteiger partial charge is 0.313 e. The summed E-state index contributed by atoms with van der Waals surface area (Å²) < 4.78 is 0. The maximum atomic E-state index is 4.20. The third-order valence-corrected chi connectivity index (χ3v) is 4.42. The SMILES string of the molecule is CCNC1CCC(C)CC1Sc1ncn[nH]1. The molecule has 0 aliphatic heterocycles. The predicted molar refractivity (Wildman–Crippen MR) is 66.5 cm³/mol. The summed E-state index contributed by atoms with van der Waals surface area (Å²) in [6, 6.07) is 0.622. The van der Waals surface area contributed by atoms with Crippen LogP contribution in [0.3, 0.4) is 0 Å². The highest BCUT2D eigenvalue weighted by Gasteiger charge is 2.29. The number of hydrogen-bond donors (Lipinski definition) is 2. The van der Waals surface area contributed by atoms with E-state index in [0.29, 0.717) is 11.3 Å². The van der Waals surface area contributed by atoms with E-state index in [2.05, 4.69) is 34.3 Å². The van der Waals surface area contributed by atoms with E-state index in [9.17, 15) is 0 Å². The van der Waals surface area contributed by atoms with Gasteiger partial charge in [-0.25, -0.2) is 4.98 Å². The summed E-state index contributed by atoms with van der Waals surface area (Å²) >= 11 is 1.83. The number of nitrogens with one attached hydrogen (secondary N) is 2. The molecule has 0 radical (unpaired) electrons. The number of aromatic amines is 1. The van der Waals surface area contributed by atoms with Crippen LogP contribution in [-0.4, -0.2) is 33.0 Å². The smallest absolute Gasteiger partial charge is 0.183 e. The molecule has 3 atom stereocenters. The summed E-state index contributed by atoms with van der Waals surface area (Å²) in [5.74, 6) is 0.829. The molecule has 16 heavy (non-hydrogen) atoms. The van der Waals surface area contributed by atoms with Crippen molar-refractivity contribution < 1.29 is 0 Å². The molecule has 0 saturated heterocycles. The topological polar surface area (TPSA) is 53.6 Å². The van der Waals surface area contributed by atoms with Crippen molar-refractivity contribution in [3.05, 3.63) is 6.33 Å². The van der Waals surface area contributed by atoms with Crippen molar-refractivity contribution in [3.63, 3.8) is 0 Å². The average molecular weight is 240 g/mol. The monoisotopic (exact) mass is 240 g/mol. The molecule has 1 aliphatic carbocycles. The zero-order chi connectivity index (χ0) is 11.4. The summed E-state index contributed by atoms with van der Waals surface area (Å²) in [4.78, 5) is 4.20. The van der Waals surface area contributed by atoms with Crippen molar-refractivity contribution in [1.29, 1.82) is 0 Å². The quantitative estimate of drug-likeness (QED) is 0.846. The van der Waals surface area contributed by atoms with Gasteiger partial charge in [0.1, 0.15) is 6.33 Å². The molecule has 1 aromatic heterocycles. The Morgan fingerprint density at radius 3 is 3.12 bits per heavy atom. The van der Waals surface area contributed by atoms with E-state index in [-0.39, 0.29) is 0 Å². The van der Waals surface area contributed by atoms with Crippen LogP contribution in [0.2, 0.25) is 0 Å². The van der Waals surface area contributed by atoms with E-state index in [1.165, 1.54) is 19.3 Å². The van der Waals surface area contributed by atoms with Crippen LogP contribution in [0.4, 0.5) is 0 Å². The van der Waals surface area contributed by atoms with E-state index in [1.807, 2.05) is 11.8 Å². The van der Waals surface area contributed by atoms with E-state index >= 15 is 0 Å². The van der Waals surface area contributed by atoms with E-state index < -0.39 is 0 Å². The summed E-state index contributed by atoms with van der Waals surface area (Å²) in [5.41, 5.74) is 0. The van der Waals surface area contributed by atoms with E-state index in [0.717, 1.165) is 17.6 Å². The second kappa shape index (κ2) is 5.68. The standard InChI is InChI=1S/C11H20N4S/c1-3-12-9-5-4-8(2)6-10(9)16-11-13-7-14-15-11/h7-10,12H,3-6H2,1-2H3,(H,13,14,15). The van der Waals surface area contributed by atoms with Gasteiger partial charge in [0.25, 0.3) is 0 Å². The summed E-state index contributed by atoms with van der Waals surface area (Å²) in [6.45, 7) is 5.57. The highest BCUT2D eigenvalue weighted by molar-refractivity contribution is 7.99. The number of aromatic nitrogens is 3. The molecule has 1 saturated carbocycles. The maximum Gasteiger partial charge on any atom is 0.183 e. The van der Waals surface area contributed by atoms with Crippen molar-refractivity contribution in [1.82, 2.24) is 20.5 Å². The first kappa shape index (κ1) is 11.9. The van der Waals surface area contributed by atoms with Gasteiger partial charge >= 0.3 is 0 Å². The Kier molecular flexibility index (Phi) is 4.23. The molecular formula is C11H20N4S. The maximum absolute atomic E-state index is 4.20. The number of thioether (sulfide) groups is 1. The molecule has 1 heterocycles. The first-order chi connectivity index (χ1) is 7.79. The molecule has 0 spiro atoms. The molecule has 1 fully saturated rings. The molecule has 3 unspecified atom stereocenters. The van der Waals surface area contributed by atoms with E-state index in [4.69, 9.17) is 0 Å². The summed E-state index contributed by atoms with van der Waals surface area (Å²) in [5, 5.41) is 12.0. The number of rotatable bonds is 4. The normalized spacial score (nSPS) is 30.5. The lowest BCUT2D eigenvalue weighted by molar-refractivity contribution is 0.320. The molecule has 2 rings (SSSR count). The van der Waals surface area contributed by atoms with Crippen LogP contribution < -0.4 is 5.32 Å². The molecule has 1 aliphatic rings. The first-order valence-electron chi connectivity index (χ1n) is 6.05. The van der Waals surface area contributed by atoms with Crippen LogP contribution >= 0.6 is 11.8 Å². The molecule has 1 aromatic rings. The number of nitrogens with zero attached hydrogens (tertiary/aromatic N) is 2. The Hall–Kier alpha value is -0.550. The zero-order valence-corrected chi connectivity index (χ0v) is 10.8. The zero-order valence-electron chi connectivity index (χ0n) is 9.94. The Morgan fingerprint density at radius 2 is 2.44 bits per heavy atom. The van der Waals surface area contributed by atoms with Crippen molar-refractivity contribution in [2.24, 2.45) is 5.92 Å². The van der Waals surface area contributed by atoms with Crippen LogP contribution in [0.25, 0.3) is 0 Å². The van der Waals surface area contributed by atoms with Crippen LogP contribution in [0, 0.1) is 5.92 Å².